The average molecular weight is 638 g/mol. The summed E-state index contributed by atoms with van der Waals surface area (Å²) in [5, 5.41) is 4.90. The number of pyridine rings is 1. The first-order chi connectivity index (χ1) is 24.8. The molecule has 50 heavy (non-hydrogen) atoms. The Bertz CT molecular complexity index is 2580. The van der Waals surface area contributed by atoms with Crippen LogP contribution in [0.25, 0.3) is 88.8 Å². The number of nitrogens with zero attached hydrogens (tertiary/aromatic N) is 3. The van der Waals surface area contributed by atoms with E-state index in [0.717, 1.165) is 44.8 Å². The second-order valence-corrected chi connectivity index (χ2v) is 12.4. The van der Waals surface area contributed by atoms with Gasteiger partial charge in [-0.15, -0.1) is 0 Å². The van der Waals surface area contributed by atoms with Gasteiger partial charge in [0.05, 0.1) is 11.4 Å². The third-order valence-corrected chi connectivity index (χ3v) is 9.35. The molecule has 0 bridgehead atoms. The second kappa shape index (κ2) is 12.7. The molecule has 0 aliphatic heterocycles. The fraction of sp³-hybridized carbons (Fsp3) is 0. The van der Waals surface area contributed by atoms with E-state index in [1.807, 2.05) is 18.3 Å². The molecule has 2 heterocycles. The van der Waals surface area contributed by atoms with Crippen molar-refractivity contribution in [3.05, 3.63) is 188 Å². The minimum atomic E-state index is 0.685. The summed E-state index contributed by atoms with van der Waals surface area (Å²) < 4.78 is 0. The molecule has 0 aliphatic rings. The molecule has 234 valence electrons. The fourth-order valence-corrected chi connectivity index (χ4v) is 7.04. The van der Waals surface area contributed by atoms with E-state index < -0.39 is 0 Å². The van der Waals surface area contributed by atoms with Gasteiger partial charge in [0.1, 0.15) is 0 Å². The molecule has 3 heteroatoms. The molecular formula is C47H31N3. The lowest BCUT2D eigenvalue weighted by Gasteiger charge is -2.18. The lowest BCUT2D eigenvalue weighted by molar-refractivity contribution is 1.18. The molecule has 0 aliphatic carbocycles. The van der Waals surface area contributed by atoms with Crippen molar-refractivity contribution in [1.82, 2.24) is 15.0 Å². The molecule has 3 nitrogen and oxygen atoms in total. The van der Waals surface area contributed by atoms with Crippen LogP contribution in [0.1, 0.15) is 0 Å². The summed E-state index contributed by atoms with van der Waals surface area (Å²) in [5.74, 6) is 0.685. The predicted octanol–water partition coefficient (Wildman–Crippen LogP) is 12.2. The predicted molar refractivity (Wildman–Crippen MR) is 207 cm³/mol. The standard InChI is InChI=1S/C47H31N3/c1-3-14-32(15-4-1)43-30-44(35-19-11-18-34(28-35)38-22-13-27-48-31-38)50-47(49-43)37-21-12-20-36(29-37)46-41-25-9-7-23-39(41)45(33-16-5-2-6-17-33)40-24-8-10-26-42(40)46/h1-31H. The summed E-state index contributed by atoms with van der Waals surface area (Å²) in [6.07, 6.45) is 3.69. The number of fused-ring (bicyclic) bond motifs is 2. The quantitative estimate of drug-likeness (QED) is 0.170. The zero-order chi connectivity index (χ0) is 33.3. The maximum atomic E-state index is 5.22. The molecule has 9 aromatic rings. The fourth-order valence-electron chi connectivity index (χ4n) is 7.04. The van der Waals surface area contributed by atoms with Crippen molar-refractivity contribution < 1.29 is 0 Å². The molecule has 9 rings (SSSR count). The largest absolute Gasteiger partial charge is 0.264 e. The van der Waals surface area contributed by atoms with Crippen molar-refractivity contribution >= 4 is 21.5 Å². The zero-order valence-corrected chi connectivity index (χ0v) is 27.2. The maximum Gasteiger partial charge on any atom is 0.160 e. The van der Waals surface area contributed by atoms with Gasteiger partial charge in [-0.1, -0.05) is 152 Å². The van der Waals surface area contributed by atoms with Gasteiger partial charge in [0.25, 0.3) is 0 Å². The van der Waals surface area contributed by atoms with Crippen LogP contribution in [0.4, 0.5) is 0 Å². The molecule has 0 N–H and O–H groups in total. The molecular weight excluding hydrogens is 607 g/mol. The Hall–Kier alpha value is -6.71. The van der Waals surface area contributed by atoms with E-state index in [0.29, 0.717) is 5.82 Å². The van der Waals surface area contributed by atoms with E-state index in [9.17, 15) is 0 Å². The molecule has 0 radical (unpaired) electrons. The highest BCUT2D eigenvalue weighted by atomic mass is 14.9. The number of benzene rings is 7. The van der Waals surface area contributed by atoms with Gasteiger partial charge in [-0.2, -0.15) is 0 Å². The molecule has 0 unspecified atom stereocenters. The van der Waals surface area contributed by atoms with Crippen LogP contribution in [0.15, 0.2) is 188 Å². The van der Waals surface area contributed by atoms with E-state index in [1.54, 1.807) is 6.20 Å². The molecule has 0 atom stereocenters. The lowest BCUT2D eigenvalue weighted by atomic mass is 9.85. The lowest BCUT2D eigenvalue weighted by Crippen LogP contribution is -1.97. The van der Waals surface area contributed by atoms with Crippen molar-refractivity contribution in [2.24, 2.45) is 0 Å². The summed E-state index contributed by atoms with van der Waals surface area (Å²) >= 11 is 0. The maximum absolute atomic E-state index is 5.22. The van der Waals surface area contributed by atoms with Crippen molar-refractivity contribution in [2.75, 3.05) is 0 Å². The molecule has 0 fully saturated rings. The highest BCUT2D eigenvalue weighted by Gasteiger charge is 2.18. The molecule has 0 spiro atoms. The van der Waals surface area contributed by atoms with Crippen LogP contribution in [0.5, 0.6) is 0 Å². The van der Waals surface area contributed by atoms with Gasteiger partial charge in [0.15, 0.2) is 5.82 Å². The van der Waals surface area contributed by atoms with Crippen LogP contribution < -0.4 is 0 Å². The number of hydrogen-bond donors (Lipinski definition) is 0. The summed E-state index contributed by atoms with van der Waals surface area (Å²) in [6.45, 7) is 0. The minimum Gasteiger partial charge on any atom is -0.264 e. The van der Waals surface area contributed by atoms with Crippen LogP contribution in [-0.2, 0) is 0 Å². The van der Waals surface area contributed by atoms with Crippen molar-refractivity contribution in [3.8, 4) is 67.3 Å². The average Bonchev–Trinajstić information content (AvgIpc) is 3.21. The second-order valence-electron chi connectivity index (χ2n) is 12.4. The van der Waals surface area contributed by atoms with Crippen molar-refractivity contribution in [1.29, 1.82) is 0 Å². The van der Waals surface area contributed by atoms with Gasteiger partial charge in [0.2, 0.25) is 0 Å². The third-order valence-electron chi connectivity index (χ3n) is 9.35. The van der Waals surface area contributed by atoms with Crippen molar-refractivity contribution in [3.63, 3.8) is 0 Å². The van der Waals surface area contributed by atoms with E-state index in [1.165, 1.54) is 38.2 Å². The minimum absolute atomic E-state index is 0.685. The van der Waals surface area contributed by atoms with Gasteiger partial charge in [-0.3, -0.25) is 4.98 Å². The van der Waals surface area contributed by atoms with E-state index in [4.69, 9.17) is 9.97 Å². The van der Waals surface area contributed by atoms with Gasteiger partial charge in [-0.05, 0) is 73.6 Å². The summed E-state index contributed by atoms with van der Waals surface area (Å²) in [4.78, 5) is 14.7. The topological polar surface area (TPSA) is 38.7 Å². The molecule has 7 aromatic carbocycles. The Morgan fingerprint density at radius 1 is 0.300 bits per heavy atom. The first-order valence-electron chi connectivity index (χ1n) is 16.9. The van der Waals surface area contributed by atoms with Gasteiger partial charge in [-0.25, -0.2) is 9.97 Å². The first kappa shape index (κ1) is 29.4. The number of hydrogen-bond acceptors (Lipinski definition) is 3. The van der Waals surface area contributed by atoms with Crippen molar-refractivity contribution in [2.45, 2.75) is 0 Å². The monoisotopic (exact) mass is 637 g/mol. The van der Waals surface area contributed by atoms with Crippen LogP contribution in [0, 0.1) is 0 Å². The van der Waals surface area contributed by atoms with E-state index in [-0.39, 0.29) is 0 Å². The first-order valence-corrected chi connectivity index (χ1v) is 16.9. The van der Waals surface area contributed by atoms with Crippen LogP contribution in [-0.4, -0.2) is 15.0 Å². The third kappa shape index (κ3) is 5.41. The highest BCUT2D eigenvalue weighted by molar-refractivity contribution is 6.21. The van der Waals surface area contributed by atoms with E-state index >= 15 is 0 Å². The zero-order valence-electron chi connectivity index (χ0n) is 27.2. The van der Waals surface area contributed by atoms with Crippen LogP contribution >= 0.6 is 0 Å². The smallest absolute Gasteiger partial charge is 0.160 e. The SMILES string of the molecule is c1ccc(-c2cc(-c3cccc(-c4cccnc4)c3)nc(-c3cccc(-c4c5ccccc5c(-c5ccccc5)c5ccccc45)c3)n2)cc1. The highest BCUT2D eigenvalue weighted by Crippen LogP contribution is 2.44. The Balaban J connectivity index is 1.24. The van der Waals surface area contributed by atoms with Gasteiger partial charge in [0, 0.05) is 34.6 Å². The van der Waals surface area contributed by atoms with Gasteiger partial charge < -0.3 is 0 Å². The summed E-state index contributed by atoms with van der Waals surface area (Å²) in [6, 6.07) is 61.9. The molecule has 0 saturated carbocycles. The Morgan fingerprint density at radius 3 is 1.38 bits per heavy atom. The molecule has 0 saturated heterocycles. The number of aromatic nitrogens is 3. The Labute approximate surface area is 291 Å². The Kier molecular flexibility index (Phi) is 7.49. The van der Waals surface area contributed by atoms with Crippen LogP contribution in [0.2, 0.25) is 0 Å². The van der Waals surface area contributed by atoms with E-state index in [2.05, 4.69) is 169 Å². The number of rotatable bonds is 6. The molecule has 2 aromatic heterocycles. The normalized spacial score (nSPS) is 11.2. The Morgan fingerprint density at radius 2 is 0.760 bits per heavy atom. The van der Waals surface area contributed by atoms with Gasteiger partial charge >= 0.3 is 0 Å². The summed E-state index contributed by atoms with van der Waals surface area (Å²) in [5.41, 5.74) is 11.8. The summed E-state index contributed by atoms with van der Waals surface area (Å²) in [7, 11) is 0. The van der Waals surface area contributed by atoms with Crippen LogP contribution in [0.3, 0.4) is 0 Å². The molecule has 0 amide bonds.